The van der Waals surface area contributed by atoms with Crippen LogP contribution in [0.3, 0.4) is 0 Å². The summed E-state index contributed by atoms with van der Waals surface area (Å²) >= 11 is 0. The van der Waals surface area contributed by atoms with Crippen molar-refractivity contribution < 1.29 is 14.3 Å². The number of hydrogen-bond donors (Lipinski definition) is 1. The molecule has 1 aromatic carbocycles. The second kappa shape index (κ2) is 5.83. The minimum atomic E-state index is -0.0195. The standard InChI is InChI=1S/C16H21NO3/c1-19-12-7-8-13-14(9-12)17-16(18)10-15(13)20-11-5-3-2-4-6-11/h2-6,12-15H,7-10H2,1H3,(H,17,18). The van der Waals surface area contributed by atoms with Crippen LogP contribution in [0, 0.1) is 5.92 Å². The zero-order valence-electron chi connectivity index (χ0n) is 11.7. The number of methoxy groups -OCH3 is 1. The van der Waals surface area contributed by atoms with Crippen LogP contribution in [0.2, 0.25) is 0 Å². The van der Waals surface area contributed by atoms with Gasteiger partial charge in [-0.25, -0.2) is 0 Å². The Bertz CT molecular complexity index is 462. The molecule has 2 fully saturated rings. The molecule has 0 spiro atoms. The zero-order chi connectivity index (χ0) is 13.9. The molecule has 3 rings (SSSR count). The lowest BCUT2D eigenvalue weighted by Crippen LogP contribution is -2.56. The Morgan fingerprint density at radius 3 is 2.75 bits per heavy atom. The average Bonchev–Trinajstić information content (AvgIpc) is 2.47. The Morgan fingerprint density at radius 1 is 1.20 bits per heavy atom. The van der Waals surface area contributed by atoms with Crippen LogP contribution in [0.25, 0.3) is 0 Å². The predicted octanol–water partition coefficient (Wildman–Crippen LogP) is 2.14. The highest BCUT2D eigenvalue weighted by atomic mass is 16.5. The number of amides is 1. The third-order valence-electron chi connectivity index (χ3n) is 4.43. The Kier molecular flexibility index (Phi) is 3.92. The molecule has 1 heterocycles. The summed E-state index contributed by atoms with van der Waals surface area (Å²) in [6.07, 6.45) is 3.67. The first-order valence-corrected chi connectivity index (χ1v) is 7.30. The molecule has 0 radical (unpaired) electrons. The third-order valence-corrected chi connectivity index (χ3v) is 4.43. The molecule has 4 atom stereocenters. The lowest BCUT2D eigenvalue weighted by molar-refractivity contribution is -0.130. The number of ether oxygens (including phenoxy) is 2. The maximum atomic E-state index is 11.9. The normalized spacial score (nSPS) is 33.1. The van der Waals surface area contributed by atoms with Crippen molar-refractivity contribution >= 4 is 5.91 Å². The number of para-hydroxylation sites is 1. The van der Waals surface area contributed by atoms with Gasteiger partial charge in [-0.15, -0.1) is 0 Å². The molecule has 4 nitrogen and oxygen atoms in total. The maximum Gasteiger partial charge on any atom is 0.223 e. The molecule has 108 valence electrons. The Morgan fingerprint density at radius 2 is 2.00 bits per heavy atom. The fourth-order valence-electron chi connectivity index (χ4n) is 3.38. The molecule has 4 heteroatoms. The number of rotatable bonds is 3. The Hall–Kier alpha value is -1.55. The van der Waals surface area contributed by atoms with Gasteiger partial charge in [-0.05, 0) is 31.4 Å². The van der Waals surface area contributed by atoms with Crippen molar-refractivity contribution in [2.45, 2.75) is 43.9 Å². The van der Waals surface area contributed by atoms with Gasteiger partial charge in [0.05, 0.1) is 12.5 Å². The molecule has 1 aliphatic heterocycles. The molecule has 0 aromatic heterocycles. The molecule has 1 saturated heterocycles. The SMILES string of the molecule is COC1CCC2C(C1)NC(=O)CC2Oc1ccccc1. The van der Waals surface area contributed by atoms with Gasteiger partial charge in [0.25, 0.3) is 0 Å². The smallest absolute Gasteiger partial charge is 0.223 e. The highest BCUT2D eigenvalue weighted by Gasteiger charge is 2.42. The lowest BCUT2D eigenvalue weighted by Gasteiger charge is -2.43. The van der Waals surface area contributed by atoms with Gasteiger partial charge in [-0.3, -0.25) is 4.79 Å². The number of hydrogen-bond acceptors (Lipinski definition) is 3. The van der Waals surface area contributed by atoms with Crippen LogP contribution in [0.1, 0.15) is 25.7 Å². The van der Waals surface area contributed by atoms with E-state index in [4.69, 9.17) is 9.47 Å². The van der Waals surface area contributed by atoms with Crippen molar-refractivity contribution in [3.05, 3.63) is 30.3 Å². The van der Waals surface area contributed by atoms with Crippen molar-refractivity contribution in [3.8, 4) is 5.75 Å². The van der Waals surface area contributed by atoms with Gasteiger partial charge >= 0.3 is 0 Å². The first-order valence-electron chi connectivity index (χ1n) is 7.30. The quantitative estimate of drug-likeness (QED) is 0.919. The van der Waals surface area contributed by atoms with Crippen LogP contribution in [0.4, 0.5) is 0 Å². The van der Waals surface area contributed by atoms with Gasteiger partial charge in [-0.1, -0.05) is 18.2 Å². The van der Waals surface area contributed by atoms with Gasteiger partial charge in [0.2, 0.25) is 5.91 Å². The monoisotopic (exact) mass is 275 g/mol. The number of piperidine rings is 1. The summed E-state index contributed by atoms with van der Waals surface area (Å²) in [6.45, 7) is 0. The van der Waals surface area contributed by atoms with Crippen LogP contribution in [-0.2, 0) is 9.53 Å². The van der Waals surface area contributed by atoms with Gasteiger partial charge in [-0.2, -0.15) is 0 Å². The second-order valence-corrected chi connectivity index (χ2v) is 5.68. The first kappa shape index (κ1) is 13.4. The van der Waals surface area contributed by atoms with Crippen LogP contribution in [0.5, 0.6) is 5.75 Å². The summed E-state index contributed by atoms with van der Waals surface area (Å²) < 4.78 is 11.5. The van der Waals surface area contributed by atoms with Crippen molar-refractivity contribution in [2.24, 2.45) is 5.92 Å². The molecule has 0 bridgehead atoms. The van der Waals surface area contributed by atoms with Gasteiger partial charge in [0.15, 0.2) is 0 Å². The largest absolute Gasteiger partial charge is 0.490 e. The van der Waals surface area contributed by atoms with Crippen LogP contribution in [0.15, 0.2) is 30.3 Å². The van der Waals surface area contributed by atoms with Crippen molar-refractivity contribution in [3.63, 3.8) is 0 Å². The lowest BCUT2D eigenvalue weighted by atomic mass is 9.76. The molecule has 1 aromatic rings. The molecule has 1 N–H and O–H groups in total. The predicted molar refractivity (Wildman–Crippen MR) is 75.5 cm³/mol. The second-order valence-electron chi connectivity index (χ2n) is 5.68. The van der Waals surface area contributed by atoms with E-state index in [9.17, 15) is 4.79 Å². The van der Waals surface area contributed by atoms with E-state index in [1.165, 1.54) is 0 Å². The van der Waals surface area contributed by atoms with E-state index in [0.29, 0.717) is 12.3 Å². The van der Waals surface area contributed by atoms with Crippen molar-refractivity contribution in [1.82, 2.24) is 5.32 Å². The summed E-state index contributed by atoms with van der Waals surface area (Å²) in [5, 5.41) is 3.10. The highest BCUT2D eigenvalue weighted by molar-refractivity contribution is 5.78. The average molecular weight is 275 g/mol. The number of carbonyl (C=O) groups is 1. The summed E-state index contributed by atoms with van der Waals surface area (Å²) in [6, 6.07) is 9.95. The summed E-state index contributed by atoms with van der Waals surface area (Å²) in [5.41, 5.74) is 0. The molecule has 2 aliphatic rings. The van der Waals surface area contributed by atoms with Gasteiger partial charge < -0.3 is 14.8 Å². The van der Waals surface area contributed by atoms with Crippen molar-refractivity contribution in [1.29, 1.82) is 0 Å². The number of nitrogens with one attached hydrogen (secondary N) is 1. The van der Waals surface area contributed by atoms with E-state index in [2.05, 4.69) is 5.32 Å². The van der Waals surface area contributed by atoms with E-state index in [-0.39, 0.29) is 24.2 Å². The summed E-state index contributed by atoms with van der Waals surface area (Å²) in [7, 11) is 1.74. The fraction of sp³-hybridized carbons (Fsp3) is 0.562. The maximum absolute atomic E-state index is 11.9. The Balaban J connectivity index is 1.72. The number of benzene rings is 1. The molecule has 1 amide bonds. The topological polar surface area (TPSA) is 47.6 Å². The summed E-state index contributed by atoms with van der Waals surface area (Å²) in [4.78, 5) is 11.9. The van der Waals surface area contributed by atoms with Gasteiger partial charge in [0.1, 0.15) is 11.9 Å². The third kappa shape index (κ3) is 2.80. The minimum absolute atomic E-state index is 0.0195. The molecular weight excluding hydrogens is 254 g/mol. The molecule has 1 saturated carbocycles. The number of carbonyl (C=O) groups excluding carboxylic acids is 1. The van der Waals surface area contributed by atoms with Crippen LogP contribution in [-0.4, -0.2) is 31.3 Å². The fourth-order valence-corrected chi connectivity index (χ4v) is 3.38. The first-order chi connectivity index (χ1) is 9.76. The highest BCUT2D eigenvalue weighted by Crippen LogP contribution is 2.34. The van der Waals surface area contributed by atoms with Crippen LogP contribution >= 0.6 is 0 Å². The van der Waals surface area contributed by atoms with E-state index in [1.54, 1.807) is 7.11 Å². The van der Waals surface area contributed by atoms with E-state index < -0.39 is 0 Å². The van der Waals surface area contributed by atoms with Crippen molar-refractivity contribution in [2.75, 3.05) is 7.11 Å². The molecule has 20 heavy (non-hydrogen) atoms. The summed E-state index contributed by atoms with van der Waals surface area (Å²) in [5.74, 6) is 1.32. The van der Waals surface area contributed by atoms with E-state index >= 15 is 0 Å². The number of fused-ring (bicyclic) bond motifs is 1. The molecule has 1 aliphatic carbocycles. The zero-order valence-corrected chi connectivity index (χ0v) is 11.7. The minimum Gasteiger partial charge on any atom is -0.490 e. The molecular formula is C16H21NO3. The van der Waals surface area contributed by atoms with E-state index in [0.717, 1.165) is 25.0 Å². The van der Waals surface area contributed by atoms with Crippen LogP contribution < -0.4 is 10.1 Å². The Labute approximate surface area is 119 Å². The molecule has 4 unspecified atom stereocenters. The van der Waals surface area contributed by atoms with E-state index in [1.807, 2.05) is 30.3 Å². The van der Waals surface area contributed by atoms with Gasteiger partial charge in [0, 0.05) is 19.1 Å².